The van der Waals surface area contributed by atoms with Crippen LogP contribution < -0.4 is 20.3 Å². The molecule has 45 heavy (non-hydrogen) atoms. The van der Waals surface area contributed by atoms with Gasteiger partial charge >= 0.3 is 0 Å². The second kappa shape index (κ2) is 12.8. The minimum atomic E-state index is -1.41. The van der Waals surface area contributed by atoms with Crippen molar-refractivity contribution in [1.29, 1.82) is 0 Å². The fraction of sp³-hybridized carbons (Fsp3) is 0.267. The van der Waals surface area contributed by atoms with Gasteiger partial charge in [0.05, 0.1) is 23.3 Å². The Balaban J connectivity index is 1.31. The zero-order valence-corrected chi connectivity index (χ0v) is 25.4. The van der Waals surface area contributed by atoms with Crippen molar-refractivity contribution in [2.24, 2.45) is 0 Å². The van der Waals surface area contributed by atoms with E-state index < -0.39 is 11.0 Å². The number of amides is 2. The molecular weight excluding hydrogens is 599 g/mol. The molecule has 1 fully saturated rings. The maximum Gasteiger partial charge on any atom is 0.270 e. The number of carbonyl (C=O) groups is 2. The molecule has 5 aromatic rings. The molecule has 3 aromatic carbocycles. The fourth-order valence-corrected chi connectivity index (χ4v) is 5.92. The molecule has 1 aliphatic carbocycles. The van der Waals surface area contributed by atoms with Crippen molar-refractivity contribution < 1.29 is 18.2 Å². The van der Waals surface area contributed by atoms with Gasteiger partial charge in [0.15, 0.2) is 5.82 Å². The molecule has 0 bridgehead atoms. The summed E-state index contributed by atoms with van der Waals surface area (Å²) in [4.78, 5) is 25.6. The van der Waals surface area contributed by atoms with Crippen LogP contribution in [0.3, 0.4) is 0 Å². The molecule has 0 radical (unpaired) electrons. The zero-order chi connectivity index (χ0) is 31.5. The highest BCUT2D eigenvalue weighted by Crippen LogP contribution is 2.46. The van der Waals surface area contributed by atoms with Crippen molar-refractivity contribution in [3.8, 4) is 5.69 Å². The molecule has 0 saturated heterocycles. The number of fused-ring (bicyclic) bond motifs is 1. The summed E-state index contributed by atoms with van der Waals surface area (Å²) in [5, 5.41) is 27.7. The van der Waals surface area contributed by atoms with Gasteiger partial charge in [0.2, 0.25) is 5.91 Å². The highest BCUT2D eigenvalue weighted by atomic mass is 32.2. The molecule has 1 saturated carbocycles. The molecule has 6 rings (SSSR count). The molecule has 1 atom stereocenters. The van der Waals surface area contributed by atoms with E-state index in [1.807, 2.05) is 36.4 Å². The van der Waals surface area contributed by atoms with Gasteiger partial charge in [-0.05, 0) is 85.0 Å². The summed E-state index contributed by atoms with van der Waals surface area (Å²) in [6.45, 7) is 0.534. The molecule has 4 N–H and O–H groups in total. The van der Waals surface area contributed by atoms with E-state index >= 15 is 0 Å². The third-order valence-electron chi connectivity index (χ3n) is 7.45. The monoisotopic (exact) mass is 630 g/mol. The number of carbonyl (C=O) groups excluding carboxylic acids is 2. The van der Waals surface area contributed by atoms with Crippen LogP contribution in [-0.4, -0.2) is 72.8 Å². The van der Waals surface area contributed by atoms with Crippen molar-refractivity contribution in [3.05, 3.63) is 83.6 Å². The van der Waals surface area contributed by atoms with Gasteiger partial charge in [-0.2, -0.15) is 10.3 Å². The summed E-state index contributed by atoms with van der Waals surface area (Å²) in [6.07, 6.45) is 3.54. The molecule has 2 heterocycles. The second-order valence-electron chi connectivity index (χ2n) is 10.6. The number of aromatic amines is 1. The quantitative estimate of drug-likeness (QED) is 0.163. The summed E-state index contributed by atoms with van der Waals surface area (Å²) >= 11 is 0. The number of hydrogen-bond acceptors (Lipinski definition) is 8. The number of H-pyrrole nitrogens is 1. The molecule has 2 amide bonds. The topological polar surface area (TPSA) is 163 Å². The molecular formula is C30H31FN10O3S. The van der Waals surface area contributed by atoms with Crippen LogP contribution >= 0.6 is 0 Å². The Kier molecular flexibility index (Phi) is 8.51. The highest BCUT2D eigenvalue weighted by Gasteiger charge is 2.31. The van der Waals surface area contributed by atoms with E-state index in [9.17, 15) is 18.2 Å². The lowest BCUT2D eigenvalue weighted by Gasteiger charge is -2.24. The maximum absolute atomic E-state index is 13.3. The Hall–Kier alpha value is -5.18. The fourth-order valence-electron chi connectivity index (χ4n) is 5.13. The third-order valence-corrected chi connectivity index (χ3v) is 8.45. The largest absolute Gasteiger partial charge is 0.356 e. The number of aromatic nitrogens is 6. The predicted molar refractivity (Wildman–Crippen MR) is 168 cm³/mol. The molecule has 0 spiro atoms. The summed E-state index contributed by atoms with van der Waals surface area (Å²) in [5.74, 6) is -0.328. The Labute approximate surface area is 260 Å². The number of halogens is 1. The molecule has 0 aliphatic heterocycles. The molecule has 2 aromatic heterocycles. The lowest BCUT2D eigenvalue weighted by atomic mass is 10.0. The van der Waals surface area contributed by atoms with E-state index in [4.69, 9.17) is 5.10 Å². The molecule has 1 aliphatic rings. The predicted octanol–water partition coefficient (Wildman–Crippen LogP) is 3.12. The number of nitrogens with one attached hydrogen (secondary N) is 4. The summed E-state index contributed by atoms with van der Waals surface area (Å²) < 4.78 is 29.7. The van der Waals surface area contributed by atoms with E-state index in [1.54, 1.807) is 34.4 Å². The normalized spacial score (nSPS) is 13.4. The maximum atomic E-state index is 13.3. The van der Waals surface area contributed by atoms with Gasteiger partial charge in [-0.3, -0.25) is 13.9 Å². The lowest BCUT2D eigenvalue weighted by Crippen LogP contribution is -2.36. The molecule has 1 unspecified atom stereocenters. The van der Waals surface area contributed by atoms with Crippen LogP contribution in [0, 0.1) is 5.82 Å². The Morgan fingerprint density at radius 2 is 1.80 bits per heavy atom. The SMILES string of the molecule is CNC(=O)c1c2cc(C3CC3)c(N(CCNC(=O)Cc3nn[nH]n3)S(C)=O)cc2nn1-c1ccc(Nc2ccc(F)cc2)cc1. The van der Waals surface area contributed by atoms with Crippen molar-refractivity contribution in [3.63, 3.8) is 0 Å². The summed E-state index contributed by atoms with van der Waals surface area (Å²) in [5.41, 5.74) is 4.89. The third kappa shape index (κ3) is 6.67. The molecule has 15 heteroatoms. The molecule has 13 nitrogen and oxygen atoms in total. The highest BCUT2D eigenvalue weighted by molar-refractivity contribution is 7.85. The van der Waals surface area contributed by atoms with Gasteiger partial charge in [0.1, 0.15) is 22.5 Å². The standard InChI is InChI=1S/C30H31FN10O3S/c1-32-30(43)29-24-15-23(18-3-4-18)26(40(45(2)44)14-13-33-28(42)17-27-35-38-39-36-27)16-25(24)37-41(29)22-11-9-21(10-12-22)34-20-7-5-19(31)6-8-20/h5-12,15-16,18,34H,3-4,13-14,17H2,1-2H3,(H,32,43)(H,33,42)(H,35,36,38,39). The van der Waals surface area contributed by atoms with Crippen LogP contribution in [0.2, 0.25) is 0 Å². The van der Waals surface area contributed by atoms with Crippen LogP contribution in [0.1, 0.15) is 40.6 Å². The van der Waals surface area contributed by atoms with E-state index in [0.717, 1.165) is 35.5 Å². The Bertz CT molecular complexity index is 1860. The first-order valence-corrected chi connectivity index (χ1v) is 15.8. The zero-order valence-electron chi connectivity index (χ0n) is 24.6. The minimum Gasteiger partial charge on any atom is -0.356 e. The number of benzene rings is 3. The van der Waals surface area contributed by atoms with Crippen molar-refractivity contribution in [2.75, 3.05) is 36.0 Å². The van der Waals surface area contributed by atoms with Crippen molar-refractivity contribution in [2.45, 2.75) is 25.2 Å². The van der Waals surface area contributed by atoms with Gasteiger partial charge in [-0.15, -0.1) is 10.2 Å². The number of rotatable bonds is 12. The van der Waals surface area contributed by atoms with Gasteiger partial charge in [0, 0.05) is 43.2 Å². The number of anilines is 3. The lowest BCUT2D eigenvalue weighted by molar-refractivity contribution is -0.120. The molecule has 232 valence electrons. The first-order valence-electron chi connectivity index (χ1n) is 14.3. The number of hydrogen-bond donors (Lipinski definition) is 4. The van der Waals surface area contributed by atoms with Crippen LogP contribution in [0.5, 0.6) is 0 Å². The van der Waals surface area contributed by atoms with Crippen LogP contribution in [0.25, 0.3) is 16.6 Å². The number of tetrazole rings is 1. The minimum absolute atomic E-state index is 0.0199. The Morgan fingerprint density at radius 1 is 1.09 bits per heavy atom. The van der Waals surface area contributed by atoms with Crippen molar-refractivity contribution >= 4 is 50.8 Å². The van der Waals surface area contributed by atoms with Gasteiger partial charge in [-0.1, -0.05) is 5.21 Å². The van der Waals surface area contributed by atoms with Crippen LogP contribution in [0.4, 0.5) is 21.5 Å². The summed E-state index contributed by atoms with van der Waals surface area (Å²) in [7, 11) is 0.168. The second-order valence-corrected chi connectivity index (χ2v) is 11.9. The van der Waals surface area contributed by atoms with Gasteiger partial charge in [0.25, 0.3) is 5.91 Å². The smallest absolute Gasteiger partial charge is 0.270 e. The van der Waals surface area contributed by atoms with E-state index in [0.29, 0.717) is 22.3 Å². The first kappa shape index (κ1) is 29.9. The van der Waals surface area contributed by atoms with E-state index in [-0.39, 0.29) is 48.9 Å². The average molecular weight is 631 g/mol. The van der Waals surface area contributed by atoms with E-state index in [1.165, 1.54) is 12.1 Å². The van der Waals surface area contributed by atoms with Gasteiger partial charge in [-0.25, -0.2) is 13.3 Å². The van der Waals surface area contributed by atoms with Crippen molar-refractivity contribution in [1.82, 2.24) is 41.0 Å². The average Bonchev–Trinajstić information content (AvgIpc) is 3.63. The first-order chi connectivity index (χ1) is 21.8. The van der Waals surface area contributed by atoms with Crippen LogP contribution in [0.15, 0.2) is 60.7 Å². The number of nitrogens with zero attached hydrogens (tertiary/aromatic N) is 6. The van der Waals surface area contributed by atoms with E-state index in [2.05, 4.69) is 36.6 Å². The van der Waals surface area contributed by atoms with Gasteiger partial charge < -0.3 is 16.0 Å². The Morgan fingerprint density at radius 3 is 2.42 bits per heavy atom. The van der Waals surface area contributed by atoms with Crippen LogP contribution in [-0.2, 0) is 22.2 Å². The summed E-state index contributed by atoms with van der Waals surface area (Å²) in [6, 6.07) is 17.3.